The van der Waals surface area contributed by atoms with Crippen molar-refractivity contribution >= 4 is 10.0 Å². The Kier molecular flexibility index (Phi) is 4.99. The van der Waals surface area contributed by atoms with Crippen LogP contribution in [-0.2, 0) is 15.8 Å². The van der Waals surface area contributed by atoms with Crippen molar-refractivity contribution in [2.75, 3.05) is 13.1 Å². The second-order valence-electron chi connectivity index (χ2n) is 5.69. The molecule has 0 unspecified atom stereocenters. The molecule has 1 heterocycles. The molecule has 1 aromatic rings. The van der Waals surface area contributed by atoms with Crippen molar-refractivity contribution in [2.24, 2.45) is 11.7 Å². The van der Waals surface area contributed by atoms with E-state index < -0.39 is 10.0 Å². The highest BCUT2D eigenvalue weighted by Gasteiger charge is 2.30. The first-order chi connectivity index (χ1) is 9.92. The fourth-order valence-electron chi connectivity index (χ4n) is 2.69. The zero-order valence-electron chi connectivity index (χ0n) is 12.2. The van der Waals surface area contributed by atoms with E-state index in [1.807, 2.05) is 13.0 Å². The molecule has 0 amide bonds. The van der Waals surface area contributed by atoms with Crippen LogP contribution in [0.4, 0.5) is 0 Å². The third-order valence-corrected chi connectivity index (χ3v) is 5.78. The normalized spacial score (nSPS) is 21.7. The Balaban J connectivity index is 2.12. The van der Waals surface area contributed by atoms with E-state index in [1.54, 1.807) is 28.6 Å². The number of hydrogen-bond acceptors (Lipinski definition) is 4. The van der Waals surface area contributed by atoms with Gasteiger partial charge in [-0.2, -0.15) is 5.26 Å². The number of nitrogens with two attached hydrogens (primary N) is 1. The molecule has 0 radical (unpaired) electrons. The Bertz CT molecular complexity index is 635. The van der Waals surface area contributed by atoms with Gasteiger partial charge >= 0.3 is 0 Å². The van der Waals surface area contributed by atoms with Gasteiger partial charge < -0.3 is 5.73 Å². The average Bonchev–Trinajstić information content (AvgIpc) is 2.47. The standard InChI is InChI=1S/C15H21N3O2S/c1-12(17)15-6-3-7-18(10-15)21(19,20)11-14-5-2-4-13(8-14)9-16/h2,4-5,8,12,15H,3,6-7,10-11,17H2,1H3/t12-,15-/m1/s1. The van der Waals surface area contributed by atoms with Crippen molar-refractivity contribution in [2.45, 2.75) is 31.6 Å². The minimum absolute atomic E-state index is 0.00455. The summed E-state index contributed by atoms with van der Waals surface area (Å²) in [6, 6.07) is 8.79. The molecule has 21 heavy (non-hydrogen) atoms. The molecular weight excluding hydrogens is 286 g/mol. The van der Waals surface area contributed by atoms with Crippen molar-refractivity contribution in [3.63, 3.8) is 0 Å². The van der Waals surface area contributed by atoms with E-state index in [-0.39, 0.29) is 17.7 Å². The van der Waals surface area contributed by atoms with Crippen LogP contribution in [0.25, 0.3) is 0 Å². The quantitative estimate of drug-likeness (QED) is 0.912. The lowest BCUT2D eigenvalue weighted by atomic mass is 9.93. The fraction of sp³-hybridized carbons (Fsp3) is 0.533. The Morgan fingerprint density at radius 2 is 2.29 bits per heavy atom. The van der Waals surface area contributed by atoms with Crippen molar-refractivity contribution in [3.05, 3.63) is 35.4 Å². The lowest BCUT2D eigenvalue weighted by molar-refractivity contribution is 0.243. The number of hydrogen-bond donors (Lipinski definition) is 1. The molecule has 6 heteroatoms. The number of rotatable bonds is 4. The molecule has 1 saturated heterocycles. The zero-order valence-corrected chi connectivity index (χ0v) is 13.0. The van der Waals surface area contributed by atoms with E-state index in [0.29, 0.717) is 24.2 Å². The third kappa shape index (κ3) is 4.03. The first kappa shape index (κ1) is 16.0. The van der Waals surface area contributed by atoms with Gasteiger partial charge in [0.25, 0.3) is 0 Å². The lowest BCUT2D eigenvalue weighted by Gasteiger charge is -2.33. The van der Waals surface area contributed by atoms with Crippen LogP contribution in [-0.4, -0.2) is 31.9 Å². The van der Waals surface area contributed by atoms with Crippen LogP contribution in [0.1, 0.15) is 30.9 Å². The summed E-state index contributed by atoms with van der Waals surface area (Å²) < 4.78 is 26.6. The lowest BCUT2D eigenvalue weighted by Crippen LogP contribution is -2.45. The van der Waals surface area contributed by atoms with Crippen LogP contribution < -0.4 is 5.73 Å². The molecule has 1 aromatic carbocycles. The second-order valence-corrected chi connectivity index (χ2v) is 7.66. The number of piperidine rings is 1. The van der Waals surface area contributed by atoms with Crippen molar-refractivity contribution in [1.29, 1.82) is 5.26 Å². The van der Waals surface area contributed by atoms with Gasteiger partial charge in [0.15, 0.2) is 0 Å². The molecule has 114 valence electrons. The molecule has 1 fully saturated rings. The highest BCUT2D eigenvalue weighted by Crippen LogP contribution is 2.23. The smallest absolute Gasteiger partial charge is 0.218 e. The molecule has 2 atom stereocenters. The van der Waals surface area contributed by atoms with E-state index in [4.69, 9.17) is 11.0 Å². The van der Waals surface area contributed by atoms with Gasteiger partial charge in [-0.15, -0.1) is 0 Å². The molecule has 0 aliphatic carbocycles. The van der Waals surface area contributed by atoms with Crippen molar-refractivity contribution in [1.82, 2.24) is 4.31 Å². The molecule has 5 nitrogen and oxygen atoms in total. The molecule has 2 rings (SSSR count). The van der Waals surface area contributed by atoms with Gasteiger partial charge in [0, 0.05) is 19.1 Å². The maximum atomic E-state index is 12.5. The number of nitrogens with zero attached hydrogens (tertiary/aromatic N) is 2. The average molecular weight is 307 g/mol. The monoisotopic (exact) mass is 307 g/mol. The number of benzene rings is 1. The summed E-state index contributed by atoms with van der Waals surface area (Å²) in [4.78, 5) is 0. The van der Waals surface area contributed by atoms with Crippen LogP contribution >= 0.6 is 0 Å². The minimum Gasteiger partial charge on any atom is -0.328 e. The summed E-state index contributed by atoms with van der Waals surface area (Å²) in [5.74, 6) is 0.160. The van der Waals surface area contributed by atoms with Gasteiger partial charge in [-0.05, 0) is 43.4 Å². The Morgan fingerprint density at radius 1 is 1.52 bits per heavy atom. The van der Waals surface area contributed by atoms with E-state index in [2.05, 4.69) is 0 Å². The molecular formula is C15H21N3O2S. The number of sulfonamides is 1. The topological polar surface area (TPSA) is 87.2 Å². The van der Waals surface area contributed by atoms with Gasteiger partial charge in [0.1, 0.15) is 0 Å². The predicted octanol–water partition coefficient (Wildman–Crippen LogP) is 1.45. The first-order valence-electron chi connectivity index (χ1n) is 7.15. The van der Waals surface area contributed by atoms with Gasteiger partial charge in [-0.3, -0.25) is 0 Å². The van der Waals surface area contributed by atoms with Gasteiger partial charge in [0.05, 0.1) is 17.4 Å². The Morgan fingerprint density at radius 3 is 2.95 bits per heavy atom. The van der Waals surface area contributed by atoms with Crippen LogP contribution in [0.15, 0.2) is 24.3 Å². The molecule has 1 aliphatic rings. The minimum atomic E-state index is -3.36. The summed E-state index contributed by atoms with van der Waals surface area (Å²) in [6.07, 6.45) is 1.83. The third-order valence-electron chi connectivity index (χ3n) is 3.96. The van der Waals surface area contributed by atoms with Gasteiger partial charge in [-0.25, -0.2) is 12.7 Å². The summed E-state index contributed by atoms with van der Waals surface area (Å²) in [7, 11) is -3.36. The van der Waals surface area contributed by atoms with Crippen molar-refractivity contribution in [3.8, 4) is 6.07 Å². The maximum Gasteiger partial charge on any atom is 0.218 e. The summed E-state index contributed by atoms with van der Waals surface area (Å²) in [5.41, 5.74) is 7.04. The molecule has 0 aromatic heterocycles. The molecule has 0 bridgehead atoms. The molecule has 0 spiro atoms. The highest BCUT2D eigenvalue weighted by molar-refractivity contribution is 7.88. The van der Waals surface area contributed by atoms with Crippen LogP contribution in [0.3, 0.4) is 0 Å². The van der Waals surface area contributed by atoms with E-state index in [9.17, 15) is 8.42 Å². The van der Waals surface area contributed by atoms with Gasteiger partial charge in [0.2, 0.25) is 10.0 Å². The van der Waals surface area contributed by atoms with Crippen LogP contribution in [0, 0.1) is 17.2 Å². The summed E-state index contributed by atoms with van der Waals surface area (Å²) >= 11 is 0. The molecule has 1 aliphatic heterocycles. The zero-order chi connectivity index (χ0) is 15.5. The van der Waals surface area contributed by atoms with E-state index >= 15 is 0 Å². The first-order valence-corrected chi connectivity index (χ1v) is 8.76. The SMILES string of the molecule is C[C@@H](N)[C@@H]1CCCN(S(=O)(=O)Cc2cccc(C#N)c2)C1. The highest BCUT2D eigenvalue weighted by atomic mass is 32.2. The van der Waals surface area contributed by atoms with E-state index in [0.717, 1.165) is 12.8 Å². The summed E-state index contributed by atoms with van der Waals surface area (Å²) in [5, 5.41) is 8.88. The van der Waals surface area contributed by atoms with E-state index in [1.165, 1.54) is 0 Å². The summed E-state index contributed by atoms with van der Waals surface area (Å²) in [6.45, 7) is 2.98. The maximum absolute atomic E-state index is 12.5. The predicted molar refractivity (Wildman–Crippen MR) is 81.7 cm³/mol. The molecule has 2 N–H and O–H groups in total. The number of nitriles is 1. The van der Waals surface area contributed by atoms with Crippen molar-refractivity contribution < 1.29 is 8.42 Å². The van der Waals surface area contributed by atoms with Crippen LogP contribution in [0.5, 0.6) is 0 Å². The Labute approximate surface area is 126 Å². The van der Waals surface area contributed by atoms with Crippen LogP contribution in [0.2, 0.25) is 0 Å². The largest absolute Gasteiger partial charge is 0.328 e. The van der Waals surface area contributed by atoms with Gasteiger partial charge in [-0.1, -0.05) is 12.1 Å². The molecule has 0 saturated carbocycles. The fourth-order valence-corrected chi connectivity index (χ4v) is 4.30. The second kappa shape index (κ2) is 6.56. The Hall–Kier alpha value is -1.42.